The molecule has 0 aliphatic carbocycles. The lowest BCUT2D eigenvalue weighted by Crippen LogP contribution is -2.40. The summed E-state index contributed by atoms with van der Waals surface area (Å²) in [7, 11) is 0. The van der Waals surface area contributed by atoms with Crippen LogP contribution in [0.3, 0.4) is 0 Å². The number of likely N-dealkylation sites (tertiary alicyclic amines) is 1. The number of amides is 1. The van der Waals surface area contributed by atoms with Gasteiger partial charge in [0.1, 0.15) is 5.75 Å². The highest BCUT2D eigenvalue weighted by molar-refractivity contribution is 6.30. The summed E-state index contributed by atoms with van der Waals surface area (Å²) >= 11 is 5.94. The molecule has 1 aliphatic rings. The molecule has 1 aliphatic heterocycles. The summed E-state index contributed by atoms with van der Waals surface area (Å²) in [5.74, 6) is 1.80. The van der Waals surface area contributed by atoms with Crippen LogP contribution in [0.1, 0.15) is 32.6 Å². The van der Waals surface area contributed by atoms with Crippen LogP contribution in [-0.4, -0.2) is 40.1 Å². The number of hydrogen-bond acceptors (Lipinski definition) is 6. The van der Waals surface area contributed by atoms with Gasteiger partial charge in [-0.05, 0) is 81.8 Å². The second-order valence-corrected chi connectivity index (χ2v) is 8.71. The highest BCUT2D eigenvalue weighted by Crippen LogP contribution is 2.23. The molecule has 8 heteroatoms. The fourth-order valence-electron chi connectivity index (χ4n) is 3.77. The van der Waals surface area contributed by atoms with Crippen LogP contribution in [0.4, 0.5) is 5.69 Å². The third kappa shape index (κ3) is 5.87. The van der Waals surface area contributed by atoms with E-state index in [4.69, 9.17) is 20.9 Å². The van der Waals surface area contributed by atoms with Crippen molar-refractivity contribution in [2.24, 2.45) is 5.92 Å². The van der Waals surface area contributed by atoms with E-state index in [1.54, 1.807) is 12.1 Å². The van der Waals surface area contributed by atoms with E-state index >= 15 is 0 Å². The average molecular weight is 455 g/mol. The van der Waals surface area contributed by atoms with Crippen molar-refractivity contribution in [3.05, 3.63) is 59.4 Å². The maximum absolute atomic E-state index is 12.8. The third-order valence-corrected chi connectivity index (χ3v) is 5.55. The molecule has 1 aromatic heterocycles. The van der Waals surface area contributed by atoms with Gasteiger partial charge < -0.3 is 14.6 Å². The number of aromatic nitrogens is 2. The fraction of sp³-hybridized carbons (Fsp3) is 0.375. The minimum atomic E-state index is -0.0889. The van der Waals surface area contributed by atoms with Crippen LogP contribution < -0.4 is 10.1 Å². The average Bonchev–Trinajstić information content (AvgIpc) is 3.24. The van der Waals surface area contributed by atoms with Gasteiger partial charge in [0.05, 0.1) is 18.6 Å². The van der Waals surface area contributed by atoms with Gasteiger partial charge in [-0.1, -0.05) is 16.8 Å². The van der Waals surface area contributed by atoms with Crippen molar-refractivity contribution in [1.82, 2.24) is 15.0 Å². The molecule has 0 spiro atoms. The molecule has 3 aromatic rings. The molecule has 2 heterocycles. The van der Waals surface area contributed by atoms with Gasteiger partial charge >= 0.3 is 0 Å². The lowest BCUT2D eigenvalue weighted by Gasteiger charge is -2.30. The number of carbonyl (C=O) groups is 1. The molecular weight excluding hydrogens is 428 g/mol. The van der Waals surface area contributed by atoms with Crippen molar-refractivity contribution in [3.63, 3.8) is 0 Å². The summed E-state index contributed by atoms with van der Waals surface area (Å²) in [6, 6.07) is 14.8. The van der Waals surface area contributed by atoms with Crippen LogP contribution in [0.25, 0.3) is 11.4 Å². The van der Waals surface area contributed by atoms with Crippen molar-refractivity contribution in [3.8, 4) is 17.1 Å². The molecule has 1 unspecified atom stereocenters. The topological polar surface area (TPSA) is 80.5 Å². The SMILES string of the molecule is CC(C)Oc1ccc(NC(=O)C2CCCN(Cc3nc(-c4ccc(Cl)cc4)no3)C2)cc1. The van der Waals surface area contributed by atoms with Crippen molar-refractivity contribution in [2.45, 2.75) is 39.3 Å². The molecule has 2 aromatic carbocycles. The Labute approximate surface area is 192 Å². The molecule has 1 amide bonds. The number of ether oxygens (including phenoxy) is 1. The number of halogens is 1. The van der Waals surface area contributed by atoms with Gasteiger partial charge in [0, 0.05) is 22.8 Å². The first-order chi connectivity index (χ1) is 15.5. The molecule has 4 rings (SSSR count). The summed E-state index contributed by atoms with van der Waals surface area (Å²) < 4.78 is 11.1. The highest BCUT2D eigenvalue weighted by atomic mass is 35.5. The van der Waals surface area contributed by atoms with E-state index in [0.717, 1.165) is 36.4 Å². The quantitative estimate of drug-likeness (QED) is 0.539. The Hall–Kier alpha value is -2.90. The molecule has 7 nitrogen and oxygen atoms in total. The number of piperidine rings is 1. The maximum Gasteiger partial charge on any atom is 0.241 e. The van der Waals surface area contributed by atoms with Crippen LogP contribution in [0, 0.1) is 5.92 Å². The lowest BCUT2D eigenvalue weighted by atomic mass is 9.97. The molecule has 1 atom stereocenters. The van der Waals surface area contributed by atoms with E-state index in [0.29, 0.717) is 29.8 Å². The Bertz CT molecular complexity index is 1030. The van der Waals surface area contributed by atoms with Crippen LogP contribution in [-0.2, 0) is 11.3 Å². The first-order valence-corrected chi connectivity index (χ1v) is 11.2. The molecule has 32 heavy (non-hydrogen) atoms. The standard InChI is InChI=1S/C24H27ClN4O3/c1-16(2)31-21-11-9-20(10-12-21)26-24(30)18-4-3-13-29(14-18)15-22-27-23(28-32-22)17-5-7-19(25)8-6-17/h5-12,16,18H,3-4,13-15H2,1-2H3,(H,26,30). The summed E-state index contributed by atoms with van der Waals surface area (Å²) in [4.78, 5) is 19.5. The van der Waals surface area contributed by atoms with Crippen molar-refractivity contribution >= 4 is 23.2 Å². The van der Waals surface area contributed by atoms with Crippen LogP contribution in [0.2, 0.25) is 5.02 Å². The largest absolute Gasteiger partial charge is 0.491 e. The van der Waals surface area contributed by atoms with Crippen molar-refractivity contribution in [1.29, 1.82) is 0 Å². The number of nitrogens with zero attached hydrogens (tertiary/aromatic N) is 3. The number of rotatable bonds is 7. The Kier molecular flexibility index (Phi) is 7.07. The zero-order chi connectivity index (χ0) is 22.5. The summed E-state index contributed by atoms with van der Waals surface area (Å²) in [6.07, 6.45) is 1.92. The number of benzene rings is 2. The summed E-state index contributed by atoms with van der Waals surface area (Å²) in [6.45, 7) is 6.03. The van der Waals surface area contributed by atoms with Gasteiger partial charge in [0.25, 0.3) is 0 Å². The van der Waals surface area contributed by atoms with Gasteiger partial charge in [0.15, 0.2) is 0 Å². The monoisotopic (exact) mass is 454 g/mol. The highest BCUT2D eigenvalue weighted by Gasteiger charge is 2.27. The second-order valence-electron chi connectivity index (χ2n) is 8.27. The Morgan fingerprint density at radius 2 is 1.97 bits per heavy atom. The van der Waals surface area contributed by atoms with E-state index < -0.39 is 0 Å². The molecule has 1 N–H and O–H groups in total. The zero-order valence-corrected chi connectivity index (χ0v) is 19.0. The Morgan fingerprint density at radius 1 is 1.22 bits per heavy atom. The number of anilines is 1. The van der Waals surface area contributed by atoms with Crippen LogP contribution in [0.15, 0.2) is 53.1 Å². The first kappa shape index (κ1) is 22.3. The molecule has 0 bridgehead atoms. The minimum Gasteiger partial charge on any atom is -0.491 e. The van der Waals surface area contributed by atoms with Gasteiger partial charge in [-0.2, -0.15) is 4.98 Å². The predicted molar refractivity (Wildman–Crippen MR) is 124 cm³/mol. The predicted octanol–water partition coefficient (Wildman–Crippen LogP) is 5.03. The minimum absolute atomic E-state index is 0.0274. The van der Waals surface area contributed by atoms with Crippen molar-refractivity contribution < 1.29 is 14.1 Å². The number of nitrogens with one attached hydrogen (secondary N) is 1. The molecule has 0 radical (unpaired) electrons. The lowest BCUT2D eigenvalue weighted by molar-refractivity contribution is -0.121. The number of hydrogen-bond donors (Lipinski definition) is 1. The van der Waals surface area contributed by atoms with E-state index in [-0.39, 0.29) is 17.9 Å². The van der Waals surface area contributed by atoms with E-state index in [2.05, 4.69) is 20.4 Å². The molecule has 168 valence electrons. The molecule has 0 saturated carbocycles. The smallest absolute Gasteiger partial charge is 0.241 e. The van der Waals surface area contributed by atoms with E-state index in [1.807, 2.05) is 50.2 Å². The van der Waals surface area contributed by atoms with E-state index in [9.17, 15) is 4.79 Å². The molecule has 1 fully saturated rings. The zero-order valence-electron chi connectivity index (χ0n) is 18.3. The first-order valence-electron chi connectivity index (χ1n) is 10.8. The van der Waals surface area contributed by atoms with Crippen LogP contribution >= 0.6 is 11.6 Å². The fourth-order valence-corrected chi connectivity index (χ4v) is 3.90. The Morgan fingerprint density at radius 3 is 2.69 bits per heavy atom. The van der Waals surface area contributed by atoms with Gasteiger partial charge in [-0.25, -0.2) is 0 Å². The molecular formula is C24H27ClN4O3. The summed E-state index contributed by atoms with van der Waals surface area (Å²) in [5.41, 5.74) is 1.62. The third-order valence-electron chi connectivity index (χ3n) is 5.30. The van der Waals surface area contributed by atoms with Crippen LogP contribution in [0.5, 0.6) is 5.75 Å². The van der Waals surface area contributed by atoms with Gasteiger partial charge in [0.2, 0.25) is 17.6 Å². The Balaban J connectivity index is 1.32. The number of carbonyl (C=O) groups excluding carboxylic acids is 1. The van der Waals surface area contributed by atoms with Gasteiger partial charge in [-0.15, -0.1) is 0 Å². The van der Waals surface area contributed by atoms with E-state index in [1.165, 1.54) is 0 Å². The maximum atomic E-state index is 12.8. The van der Waals surface area contributed by atoms with Gasteiger partial charge in [-0.3, -0.25) is 9.69 Å². The second kappa shape index (κ2) is 10.1. The molecule has 1 saturated heterocycles. The normalized spacial score (nSPS) is 16.8. The van der Waals surface area contributed by atoms with Crippen molar-refractivity contribution in [2.75, 3.05) is 18.4 Å². The summed E-state index contributed by atoms with van der Waals surface area (Å²) in [5, 5.41) is 7.76.